The van der Waals surface area contributed by atoms with Gasteiger partial charge in [0.2, 0.25) is 0 Å². The van der Waals surface area contributed by atoms with Gasteiger partial charge in [-0.3, -0.25) is 4.90 Å². The van der Waals surface area contributed by atoms with Crippen molar-refractivity contribution in [2.45, 2.75) is 19.3 Å². The van der Waals surface area contributed by atoms with Gasteiger partial charge in [0.1, 0.15) is 12.4 Å². The van der Waals surface area contributed by atoms with Crippen molar-refractivity contribution in [1.82, 2.24) is 4.90 Å². The second-order valence-electron chi connectivity index (χ2n) is 5.90. The van der Waals surface area contributed by atoms with Crippen molar-refractivity contribution in [3.8, 4) is 16.9 Å². The summed E-state index contributed by atoms with van der Waals surface area (Å²) in [5.74, 6) is 0.935. The summed E-state index contributed by atoms with van der Waals surface area (Å²) in [4.78, 5) is 2.49. The molecule has 1 aliphatic rings. The summed E-state index contributed by atoms with van der Waals surface area (Å²) in [7, 11) is 0. The first kappa shape index (κ1) is 14.9. The Kier molecular flexibility index (Phi) is 4.96. The molecule has 0 radical (unpaired) electrons. The topological polar surface area (TPSA) is 38.5 Å². The molecule has 3 rings (SSSR count). The second kappa shape index (κ2) is 7.32. The average molecular weight is 296 g/mol. The van der Waals surface area contributed by atoms with Gasteiger partial charge in [0.25, 0.3) is 0 Å². The highest BCUT2D eigenvalue weighted by Gasteiger charge is 2.09. The number of rotatable bonds is 5. The first-order valence-corrected chi connectivity index (χ1v) is 8.12. The maximum Gasteiger partial charge on any atom is 0.119 e. The van der Waals surface area contributed by atoms with Gasteiger partial charge in [0.15, 0.2) is 0 Å². The minimum Gasteiger partial charge on any atom is -0.492 e. The van der Waals surface area contributed by atoms with E-state index < -0.39 is 0 Å². The second-order valence-corrected chi connectivity index (χ2v) is 5.90. The Morgan fingerprint density at radius 3 is 2.41 bits per heavy atom. The van der Waals surface area contributed by atoms with E-state index in [4.69, 9.17) is 10.5 Å². The molecule has 1 saturated heterocycles. The summed E-state index contributed by atoms with van der Waals surface area (Å²) in [6.07, 6.45) is 4.03. The van der Waals surface area contributed by atoms with Crippen molar-refractivity contribution in [2.24, 2.45) is 0 Å². The number of hydrogen-bond donors (Lipinski definition) is 1. The van der Waals surface area contributed by atoms with E-state index in [9.17, 15) is 0 Å². The molecule has 1 aliphatic heterocycles. The highest BCUT2D eigenvalue weighted by Crippen LogP contribution is 2.24. The van der Waals surface area contributed by atoms with E-state index >= 15 is 0 Å². The zero-order valence-corrected chi connectivity index (χ0v) is 13.0. The summed E-state index contributed by atoms with van der Waals surface area (Å²) in [5, 5.41) is 0. The lowest BCUT2D eigenvalue weighted by Crippen LogP contribution is -2.33. The van der Waals surface area contributed by atoms with Gasteiger partial charge in [-0.25, -0.2) is 0 Å². The molecule has 0 saturated carbocycles. The molecule has 2 aromatic rings. The minimum absolute atomic E-state index is 0.762. The molecule has 1 heterocycles. The molecule has 0 atom stereocenters. The number of nitrogen functional groups attached to an aromatic ring is 1. The van der Waals surface area contributed by atoms with Gasteiger partial charge in [0.05, 0.1) is 0 Å². The van der Waals surface area contributed by atoms with Gasteiger partial charge in [-0.05, 0) is 61.3 Å². The number of likely N-dealkylation sites (tertiary alicyclic amines) is 1. The molecule has 1 fully saturated rings. The Balaban J connectivity index is 1.53. The molecule has 2 N–H and O–H groups in total. The van der Waals surface area contributed by atoms with Crippen LogP contribution in [-0.4, -0.2) is 31.1 Å². The maximum atomic E-state index is 5.86. The Labute approximate surface area is 132 Å². The number of benzene rings is 2. The average Bonchev–Trinajstić information content (AvgIpc) is 2.56. The zero-order chi connectivity index (χ0) is 15.2. The predicted molar refractivity (Wildman–Crippen MR) is 92.1 cm³/mol. The highest BCUT2D eigenvalue weighted by atomic mass is 16.5. The predicted octanol–water partition coefficient (Wildman–Crippen LogP) is 3.80. The van der Waals surface area contributed by atoms with Crippen LogP contribution in [0.2, 0.25) is 0 Å². The third-order valence-electron chi connectivity index (χ3n) is 4.20. The van der Waals surface area contributed by atoms with E-state index in [1.54, 1.807) is 0 Å². The number of nitrogens with two attached hydrogens (primary N) is 1. The van der Waals surface area contributed by atoms with Crippen molar-refractivity contribution in [3.63, 3.8) is 0 Å². The van der Waals surface area contributed by atoms with Crippen LogP contribution in [0.5, 0.6) is 5.75 Å². The molecule has 22 heavy (non-hydrogen) atoms. The Morgan fingerprint density at radius 2 is 1.68 bits per heavy atom. The first-order valence-electron chi connectivity index (χ1n) is 8.12. The lowest BCUT2D eigenvalue weighted by molar-refractivity contribution is 0.183. The molecule has 0 aromatic heterocycles. The van der Waals surface area contributed by atoms with Gasteiger partial charge in [-0.15, -0.1) is 0 Å². The SMILES string of the molecule is Nc1cccc(-c2ccc(OCCN3CCCCC3)cc2)c1. The highest BCUT2D eigenvalue weighted by molar-refractivity contribution is 5.67. The molecular formula is C19H24N2O. The van der Waals surface area contributed by atoms with Crippen LogP contribution in [0, 0.1) is 0 Å². The van der Waals surface area contributed by atoms with Crippen LogP contribution < -0.4 is 10.5 Å². The largest absolute Gasteiger partial charge is 0.492 e. The monoisotopic (exact) mass is 296 g/mol. The van der Waals surface area contributed by atoms with Crippen LogP contribution in [0.25, 0.3) is 11.1 Å². The van der Waals surface area contributed by atoms with E-state index in [1.807, 2.05) is 30.3 Å². The van der Waals surface area contributed by atoms with E-state index in [0.29, 0.717) is 0 Å². The summed E-state index contributed by atoms with van der Waals surface area (Å²) < 4.78 is 5.86. The summed E-state index contributed by atoms with van der Waals surface area (Å²) in [6, 6.07) is 16.2. The standard InChI is InChI=1S/C19H24N2O/c20-18-6-4-5-17(15-18)16-7-9-19(10-8-16)22-14-13-21-11-2-1-3-12-21/h4-10,15H,1-3,11-14,20H2. The number of ether oxygens (including phenoxy) is 1. The van der Waals surface area contributed by atoms with E-state index in [0.717, 1.165) is 35.7 Å². The van der Waals surface area contributed by atoms with Gasteiger partial charge in [-0.2, -0.15) is 0 Å². The Morgan fingerprint density at radius 1 is 0.909 bits per heavy atom. The van der Waals surface area contributed by atoms with Gasteiger partial charge in [0, 0.05) is 12.2 Å². The fourth-order valence-corrected chi connectivity index (χ4v) is 2.94. The smallest absolute Gasteiger partial charge is 0.119 e. The number of hydrogen-bond acceptors (Lipinski definition) is 3. The van der Waals surface area contributed by atoms with Crippen molar-refractivity contribution < 1.29 is 4.74 Å². The fraction of sp³-hybridized carbons (Fsp3) is 0.368. The van der Waals surface area contributed by atoms with Crippen LogP contribution in [0.15, 0.2) is 48.5 Å². The molecule has 2 aromatic carbocycles. The lowest BCUT2D eigenvalue weighted by atomic mass is 10.1. The molecular weight excluding hydrogens is 272 g/mol. The van der Waals surface area contributed by atoms with E-state index in [1.165, 1.54) is 32.4 Å². The van der Waals surface area contributed by atoms with E-state index in [2.05, 4.69) is 23.1 Å². The van der Waals surface area contributed by atoms with Gasteiger partial charge >= 0.3 is 0 Å². The molecule has 0 unspecified atom stereocenters. The molecule has 0 spiro atoms. The number of piperidine rings is 1. The van der Waals surface area contributed by atoms with Gasteiger partial charge in [-0.1, -0.05) is 30.7 Å². The van der Waals surface area contributed by atoms with Gasteiger partial charge < -0.3 is 10.5 Å². The van der Waals surface area contributed by atoms with Crippen LogP contribution in [-0.2, 0) is 0 Å². The van der Waals surface area contributed by atoms with Crippen LogP contribution in [0.3, 0.4) is 0 Å². The Hall–Kier alpha value is -2.00. The quantitative estimate of drug-likeness (QED) is 0.853. The number of anilines is 1. The summed E-state index contributed by atoms with van der Waals surface area (Å²) >= 11 is 0. The van der Waals surface area contributed by atoms with Crippen LogP contribution >= 0.6 is 0 Å². The number of nitrogens with zero attached hydrogens (tertiary/aromatic N) is 1. The lowest BCUT2D eigenvalue weighted by Gasteiger charge is -2.26. The molecule has 3 nitrogen and oxygen atoms in total. The first-order chi connectivity index (χ1) is 10.8. The molecule has 116 valence electrons. The fourth-order valence-electron chi connectivity index (χ4n) is 2.94. The van der Waals surface area contributed by atoms with Crippen molar-refractivity contribution in [1.29, 1.82) is 0 Å². The van der Waals surface area contributed by atoms with Crippen molar-refractivity contribution in [3.05, 3.63) is 48.5 Å². The van der Waals surface area contributed by atoms with Crippen molar-refractivity contribution >= 4 is 5.69 Å². The van der Waals surface area contributed by atoms with Crippen LogP contribution in [0.1, 0.15) is 19.3 Å². The summed E-state index contributed by atoms with van der Waals surface area (Å²) in [6.45, 7) is 4.23. The molecule has 3 heteroatoms. The molecule has 0 amide bonds. The zero-order valence-electron chi connectivity index (χ0n) is 13.0. The third-order valence-corrected chi connectivity index (χ3v) is 4.20. The maximum absolute atomic E-state index is 5.86. The normalized spacial score (nSPS) is 15.6. The van der Waals surface area contributed by atoms with E-state index in [-0.39, 0.29) is 0 Å². The Bertz CT molecular complexity index is 589. The van der Waals surface area contributed by atoms with Crippen molar-refractivity contribution in [2.75, 3.05) is 32.0 Å². The molecule has 0 bridgehead atoms. The minimum atomic E-state index is 0.762. The molecule has 0 aliphatic carbocycles. The third kappa shape index (κ3) is 4.01. The summed E-state index contributed by atoms with van der Waals surface area (Å²) in [5.41, 5.74) is 8.93. The van der Waals surface area contributed by atoms with Crippen LogP contribution in [0.4, 0.5) is 5.69 Å².